The number of aldehydes is 1. The van der Waals surface area contributed by atoms with Gasteiger partial charge in [-0.2, -0.15) is 0 Å². The third-order valence-corrected chi connectivity index (χ3v) is 3.23. The highest BCUT2D eigenvalue weighted by Gasteiger charge is 2.33. The molecule has 0 heterocycles. The van der Waals surface area contributed by atoms with Crippen molar-refractivity contribution in [3.63, 3.8) is 0 Å². The van der Waals surface area contributed by atoms with Gasteiger partial charge in [0.05, 0.1) is 0 Å². The zero-order valence-electron chi connectivity index (χ0n) is 18.4. The normalized spacial score (nSPS) is 12.1. The van der Waals surface area contributed by atoms with E-state index in [1.54, 1.807) is 0 Å². The summed E-state index contributed by atoms with van der Waals surface area (Å²) in [5.74, 6) is -0.324. The monoisotopic (exact) mass is 364 g/mol. The lowest BCUT2D eigenvalue weighted by Gasteiger charge is -2.28. The van der Waals surface area contributed by atoms with Crippen LogP contribution in [0.15, 0.2) is 0 Å². The van der Waals surface area contributed by atoms with Gasteiger partial charge in [0.15, 0.2) is 6.29 Å². The summed E-state index contributed by atoms with van der Waals surface area (Å²) in [5, 5.41) is 18.7. The molecular weight excluding hydrogens is 316 g/mol. The lowest BCUT2D eigenvalue weighted by atomic mass is 9.84. The molecule has 0 aliphatic rings. The van der Waals surface area contributed by atoms with Crippen LogP contribution < -0.4 is 0 Å². The molecule has 0 saturated heterocycles. The molecule has 0 aromatic carbocycles. The summed E-state index contributed by atoms with van der Waals surface area (Å²) in [6.07, 6.45) is 9.13. The predicted molar refractivity (Wildman–Crippen MR) is 111 cm³/mol. The maximum absolute atomic E-state index is 10.6. The van der Waals surface area contributed by atoms with Gasteiger partial charge in [-0.05, 0) is 12.8 Å². The standard InChI is InChI=1S/C9H18O3.C6H14.C3H8.C2H6.CH2O/c1-3-5-9(12,7-11)8(4-2)6-10;1-3-5-6-4-2;1-3-2;2*1-2/h7-8,10,12H,3-6H2,1-2H3;3-6H2,1-2H3;3H2,1-2H3;1-2H3;1H2/t8-,9-;;;;/m1..../s1. The van der Waals surface area contributed by atoms with Crippen LogP contribution in [0.5, 0.6) is 0 Å². The van der Waals surface area contributed by atoms with Crippen LogP contribution in [-0.2, 0) is 9.59 Å². The number of aliphatic hydroxyl groups is 2. The van der Waals surface area contributed by atoms with Gasteiger partial charge in [0.1, 0.15) is 12.4 Å². The van der Waals surface area contributed by atoms with E-state index < -0.39 is 5.60 Å². The van der Waals surface area contributed by atoms with Crippen LogP contribution in [-0.4, -0.2) is 35.5 Å². The molecule has 0 saturated carbocycles. The van der Waals surface area contributed by atoms with Crippen LogP contribution in [0, 0.1) is 5.92 Å². The smallest absolute Gasteiger partial charge is 0.151 e. The first-order valence-corrected chi connectivity index (χ1v) is 10.1. The molecule has 4 nitrogen and oxygen atoms in total. The summed E-state index contributed by atoms with van der Waals surface area (Å²) < 4.78 is 0. The molecule has 0 unspecified atom stereocenters. The molecular formula is C21H48O4. The lowest BCUT2D eigenvalue weighted by molar-refractivity contribution is -0.133. The number of carbonyl (C=O) groups excluding carboxylic acids is 2. The van der Waals surface area contributed by atoms with E-state index in [-0.39, 0.29) is 12.5 Å². The largest absolute Gasteiger partial charge is 0.396 e. The highest BCUT2D eigenvalue weighted by molar-refractivity contribution is 5.62. The number of aliphatic hydroxyl groups excluding tert-OH is 1. The molecule has 0 aliphatic carbocycles. The quantitative estimate of drug-likeness (QED) is 0.414. The average molecular weight is 365 g/mol. The number of carbonyl (C=O) groups is 2. The minimum Gasteiger partial charge on any atom is -0.396 e. The number of unbranched alkanes of at least 4 members (excludes halogenated alkanes) is 3. The molecule has 4 heteroatoms. The van der Waals surface area contributed by atoms with Crippen LogP contribution in [0.25, 0.3) is 0 Å². The van der Waals surface area contributed by atoms with Crippen molar-refractivity contribution in [2.45, 2.75) is 112 Å². The van der Waals surface area contributed by atoms with Crippen molar-refractivity contribution >= 4 is 13.1 Å². The molecule has 0 rings (SSSR count). The third kappa shape index (κ3) is 28.3. The fourth-order valence-corrected chi connectivity index (χ4v) is 1.90. The minimum atomic E-state index is -1.32. The Morgan fingerprint density at radius 2 is 1.28 bits per heavy atom. The van der Waals surface area contributed by atoms with Crippen molar-refractivity contribution in [1.29, 1.82) is 0 Å². The second-order valence-corrected chi connectivity index (χ2v) is 5.56. The van der Waals surface area contributed by atoms with Crippen LogP contribution in [0.3, 0.4) is 0 Å². The first kappa shape index (κ1) is 35.4. The molecule has 0 aromatic rings. The second-order valence-electron chi connectivity index (χ2n) is 5.56. The van der Waals surface area contributed by atoms with Crippen LogP contribution >= 0.6 is 0 Å². The van der Waals surface area contributed by atoms with Crippen molar-refractivity contribution < 1.29 is 19.8 Å². The number of hydrogen-bond donors (Lipinski definition) is 2. The highest BCUT2D eigenvalue weighted by Crippen LogP contribution is 2.23. The summed E-state index contributed by atoms with van der Waals surface area (Å²) in [4.78, 5) is 18.6. The molecule has 25 heavy (non-hydrogen) atoms. The van der Waals surface area contributed by atoms with E-state index in [9.17, 15) is 9.90 Å². The van der Waals surface area contributed by atoms with Crippen LogP contribution in [0.1, 0.15) is 107 Å². The van der Waals surface area contributed by atoms with Crippen molar-refractivity contribution in [2.24, 2.45) is 5.92 Å². The predicted octanol–water partition coefficient (Wildman–Crippen LogP) is 5.58. The van der Waals surface area contributed by atoms with Crippen LogP contribution in [0.2, 0.25) is 0 Å². The third-order valence-electron chi connectivity index (χ3n) is 3.23. The summed E-state index contributed by atoms with van der Waals surface area (Å²) in [5.41, 5.74) is -1.32. The first-order chi connectivity index (χ1) is 12.0. The van der Waals surface area contributed by atoms with E-state index in [0.29, 0.717) is 19.1 Å². The van der Waals surface area contributed by atoms with Gasteiger partial charge in [-0.1, -0.05) is 93.9 Å². The Hall–Kier alpha value is -0.740. The first-order valence-electron chi connectivity index (χ1n) is 10.1. The highest BCUT2D eigenvalue weighted by atomic mass is 16.3. The van der Waals surface area contributed by atoms with Crippen LogP contribution in [0.4, 0.5) is 0 Å². The second kappa shape index (κ2) is 34.6. The van der Waals surface area contributed by atoms with Gasteiger partial charge in [0.2, 0.25) is 0 Å². The number of rotatable bonds is 9. The minimum absolute atomic E-state index is 0.133. The fraction of sp³-hybridized carbons (Fsp3) is 0.905. The maximum atomic E-state index is 10.6. The molecule has 0 bridgehead atoms. The van der Waals surface area contributed by atoms with E-state index in [1.165, 1.54) is 32.1 Å². The van der Waals surface area contributed by atoms with Gasteiger partial charge >= 0.3 is 0 Å². The van der Waals surface area contributed by atoms with Gasteiger partial charge in [0.25, 0.3) is 0 Å². The maximum Gasteiger partial charge on any atom is 0.151 e. The molecule has 0 radical (unpaired) electrons. The van der Waals surface area contributed by atoms with E-state index in [0.717, 1.165) is 6.42 Å². The van der Waals surface area contributed by atoms with Gasteiger partial charge in [0, 0.05) is 12.5 Å². The Bertz CT molecular complexity index is 202. The summed E-state index contributed by atoms with van der Waals surface area (Å²) >= 11 is 0. The Morgan fingerprint density at radius 3 is 1.44 bits per heavy atom. The lowest BCUT2D eigenvalue weighted by Crippen LogP contribution is -2.41. The topological polar surface area (TPSA) is 74.6 Å². The molecule has 2 atom stereocenters. The fourth-order valence-electron chi connectivity index (χ4n) is 1.90. The summed E-state index contributed by atoms with van der Waals surface area (Å²) in [6, 6.07) is 0. The average Bonchev–Trinajstić information content (AvgIpc) is 2.65. The Morgan fingerprint density at radius 1 is 0.920 bits per heavy atom. The molecule has 2 N–H and O–H groups in total. The number of hydrogen-bond acceptors (Lipinski definition) is 4. The summed E-state index contributed by atoms with van der Waals surface area (Å²) in [7, 11) is 0. The molecule has 156 valence electrons. The van der Waals surface area contributed by atoms with Gasteiger partial charge < -0.3 is 19.8 Å². The zero-order chi connectivity index (χ0) is 21.1. The van der Waals surface area contributed by atoms with Gasteiger partial charge in [-0.3, -0.25) is 0 Å². The molecule has 0 spiro atoms. The SMILES string of the molecule is C=O.CC.CCC.CCCCCC.CCC[C@@](O)(C=O)[C@H](CC)CO. The molecule has 0 aromatic heterocycles. The molecule has 0 fully saturated rings. The zero-order valence-corrected chi connectivity index (χ0v) is 18.4. The van der Waals surface area contributed by atoms with E-state index in [2.05, 4.69) is 27.7 Å². The van der Waals surface area contributed by atoms with Gasteiger partial charge in [-0.25, -0.2) is 0 Å². The van der Waals surface area contributed by atoms with Crippen molar-refractivity contribution in [3.05, 3.63) is 0 Å². The van der Waals surface area contributed by atoms with Crippen molar-refractivity contribution in [3.8, 4) is 0 Å². The van der Waals surface area contributed by atoms with Gasteiger partial charge in [-0.15, -0.1) is 0 Å². The van der Waals surface area contributed by atoms with E-state index in [1.807, 2.05) is 34.5 Å². The molecule has 0 aliphatic heterocycles. The van der Waals surface area contributed by atoms with Crippen molar-refractivity contribution in [1.82, 2.24) is 0 Å². The summed E-state index contributed by atoms with van der Waals surface area (Å²) in [6.45, 7) is 18.3. The Kier molecular flexibility index (Phi) is 48.9. The molecule has 0 amide bonds. The van der Waals surface area contributed by atoms with E-state index >= 15 is 0 Å². The van der Waals surface area contributed by atoms with Crippen molar-refractivity contribution in [2.75, 3.05) is 6.61 Å². The Labute approximate surface area is 158 Å². The van der Waals surface area contributed by atoms with E-state index in [4.69, 9.17) is 9.90 Å². The Balaban J connectivity index is -0.0000000858.